The summed E-state index contributed by atoms with van der Waals surface area (Å²) in [5.41, 5.74) is 0. The highest BCUT2D eigenvalue weighted by molar-refractivity contribution is 14.1. The number of carbonyl (C=O) groups is 1. The van der Waals surface area contributed by atoms with Crippen LogP contribution in [0.5, 0.6) is 0 Å². The summed E-state index contributed by atoms with van der Waals surface area (Å²) >= 11 is 2.28. The van der Waals surface area contributed by atoms with Crippen LogP contribution in [0.4, 0.5) is 4.79 Å². The smallest absolute Gasteiger partial charge is 0.409 e. The number of methoxy groups -OCH3 is 1. The topological polar surface area (TPSA) is 29.5 Å². The van der Waals surface area contributed by atoms with Gasteiger partial charge >= 0.3 is 6.09 Å². The number of hydrogen-bond donors (Lipinski definition) is 0. The third-order valence-corrected chi connectivity index (χ3v) is 3.19. The van der Waals surface area contributed by atoms with Gasteiger partial charge in [-0.25, -0.2) is 4.79 Å². The summed E-state index contributed by atoms with van der Waals surface area (Å²) in [4.78, 5) is 13.1. The maximum atomic E-state index is 11.3. The fourth-order valence-electron chi connectivity index (χ4n) is 1.02. The van der Waals surface area contributed by atoms with Gasteiger partial charge in [0, 0.05) is 17.0 Å². The van der Waals surface area contributed by atoms with Crippen LogP contribution >= 0.6 is 22.6 Å². The van der Waals surface area contributed by atoms with E-state index >= 15 is 0 Å². The molecule has 0 saturated carbocycles. The molecule has 0 bridgehead atoms. The first-order valence-corrected chi connectivity index (χ1v) is 6.10. The second-order valence-corrected chi connectivity index (χ2v) is 3.90. The third kappa shape index (κ3) is 4.69. The third-order valence-electron chi connectivity index (χ3n) is 1.92. The summed E-state index contributed by atoms with van der Waals surface area (Å²) in [6.07, 6.45) is 1.93. The molecule has 0 N–H and O–H groups in total. The Hall–Kier alpha value is 0. The van der Waals surface area contributed by atoms with Crippen molar-refractivity contribution < 1.29 is 9.53 Å². The Morgan fingerprint density at radius 2 is 2.23 bits per heavy atom. The summed E-state index contributed by atoms with van der Waals surface area (Å²) in [7, 11) is 1.43. The molecular weight excluding hydrogens is 281 g/mol. The maximum Gasteiger partial charge on any atom is 0.409 e. The lowest BCUT2D eigenvalue weighted by atomic mass is 10.3. The molecule has 0 heterocycles. The predicted octanol–water partition coefficient (Wildman–Crippen LogP) is 2.68. The monoisotopic (exact) mass is 299 g/mol. The maximum absolute atomic E-state index is 11.3. The van der Waals surface area contributed by atoms with E-state index in [1.165, 1.54) is 7.11 Å². The average Bonchev–Trinajstić information content (AvgIpc) is 2.17. The lowest BCUT2D eigenvalue weighted by molar-refractivity contribution is 0.112. The standard InChI is InChI=1S/C9H18INO2/c1-4-5-6-11(8(2)7-10)9(12)13-3/h8H,4-7H2,1-3H3. The van der Waals surface area contributed by atoms with Gasteiger partial charge < -0.3 is 9.64 Å². The van der Waals surface area contributed by atoms with Gasteiger partial charge in [-0.3, -0.25) is 0 Å². The SMILES string of the molecule is CCCCN(C(=O)OC)C(C)CI. The van der Waals surface area contributed by atoms with E-state index in [2.05, 4.69) is 29.5 Å². The average molecular weight is 299 g/mol. The zero-order chi connectivity index (χ0) is 10.3. The summed E-state index contributed by atoms with van der Waals surface area (Å²) in [5.74, 6) is 0. The largest absolute Gasteiger partial charge is 0.453 e. The van der Waals surface area contributed by atoms with E-state index in [1.54, 1.807) is 4.90 Å². The van der Waals surface area contributed by atoms with E-state index < -0.39 is 0 Å². The number of hydrogen-bond acceptors (Lipinski definition) is 2. The summed E-state index contributed by atoms with van der Waals surface area (Å²) in [6.45, 7) is 4.95. The molecule has 0 aliphatic rings. The van der Waals surface area contributed by atoms with Gasteiger partial charge in [-0.1, -0.05) is 35.9 Å². The summed E-state index contributed by atoms with van der Waals surface area (Å²) in [6, 6.07) is 0.264. The van der Waals surface area contributed by atoms with Crippen molar-refractivity contribution in [1.82, 2.24) is 4.90 Å². The van der Waals surface area contributed by atoms with Crippen molar-refractivity contribution in [2.75, 3.05) is 18.1 Å². The first-order valence-electron chi connectivity index (χ1n) is 4.57. The second-order valence-electron chi connectivity index (χ2n) is 3.02. The van der Waals surface area contributed by atoms with Crippen molar-refractivity contribution in [1.29, 1.82) is 0 Å². The van der Waals surface area contributed by atoms with Gasteiger partial charge in [0.25, 0.3) is 0 Å². The van der Waals surface area contributed by atoms with E-state index in [1.807, 2.05) is 6.92 Å². The number of halogens is 1. The number of alkyl halides is 1. The molecule has 0 spiro atoms. The van der Waals surface area contributed by atoms with Crippen LogP contribution in [-0.2, 0) is 4.74 Å². The van der Waals surface area contributed by atoms with Crippen molar-refractivity contribution >= 4 is 28.7 Å². The zero-order valence-corrected chi connectivity index (χ0v) is 10.7. The van der Waals surface area contributed by atoms with E-state index in [9.17, 15) is 4.79 Å². The molecule has 4 heteroatoms. The van der Waals surface area contributed by atoms with Gasteiger partial charge in [-0.15, -0.1) is 0 Å². The Bertz CT molecular complexity index is 153. The van der Waals surface area contributed by atoms with Crippen LogP contribution in [0.3, 0.4) is 0 Å². The molecule has 1 amide bonds. The molecule has 78 valence electrons. The number of carbonyl (C=O) groups excluding carboxylic acids is 1. The van der Waals surface area contributed by atoms with E-state index in [4.69, 9.17) is 4.74 Å². The quantitative estimate of drug-likeness (QED) is 0.577. The lowest BCUT2D eigenvalue weighted by Crippen LogP contribution is -2.40. The molecule has 1 unspecified atom stereocenters. The fraction of sp³-hybridized carbons (Fsp3) is 0.889. The molecule has 0 aromatic heterocycles. The number of ether oxygens (including phenoxy) is 1. The highest BCUT2D eigenvalue weighted by atomic mass is 127. The summed E-state index contributed by atoms with van der Waals surface area (Å²) in [5, 5.41) is 0. The second kappa shape index (κ2) is 7.41. The zero-order valence-electron chi connectivity index (χ0n) is 8.55. The highest BCUT2D eigenvalue weighted by Crippen LogP contribution is 2.07. The van der Waals surface area contributed by atoms with Gasteiger partial charge in [0.05, 0.1) is 7.11 Å². The van der Waals surface area contributed by atoms with Crippen LogP contribution in [0.1, 0.15) is 26.7 Å². The molecule has 0 aromatic carbocycles. The number of rotatable bonds is 5. The van der Waals surface area contributed by atoms with E-state index in [0.29, 0.717) is 0 Å². The van der Waals surface area contributed by atoms with E-state index in [0.717, 1.165) is 23.8 Å². The fourth-order valence-corrected chi connectivity index (χ4v) is 1.50. The minimum atomic E-state index is -0.211. The Morgan fingerprint density at radius 1 is 1.62 bits per heavy atom. The van der Waals surface area contributed by atoms with Gasteiger partial charge in [0.1, 0.15) is 0 Å². The normalized spacial score (nSPS) is 12.3. The first-order chi connectivity index (χ1) is 6.17. The molecule has 0 aliphatic heterocycles. The van der Waals surface area contributed by atoms with Gasteiger partial charge in [-0.05, 0) is 13.3 Å². The number of unbranched alkanes of at least 4 members (excludes halogenated alkanes) is 1. The molecule has 0 fully saturated rings. The van der Waals surface area contributed by atoms with Crippen molar-refractivity contribution in [2.45, 2.75) is 32.7 Å². The molecule has 13 heavy (non-hydrogen) atoms. The lowest BCUT2D eigenvalue weighted by Gasteiger charge is -2.26. The highest BCUT2D eigenvalue weighted by Gasteiger charge is 2.18. The van der Waals surface area contributed by atoms with Crippen molar-refractivity contribution in [3.8, 4) is 0 Å². The molecule has 1 atom stereocenters. The van der Waals surface area contributed by atoms with E-state index in [-0.39, 0.29) is 12.1 Å². The van der Waals surface area contributed by atoms with Gasteiger partial charge in [0.15, 0.2) is 0 Å². The molecule has 0 aromatic rings. The molecule has 0 saturated heterocycles. The number of nitrogens with zero attached hydrogens (tertiary/aromatic N) is 1. The van der Waals surface area contributed by atoms with Crippen LogP contribution < -0.4 is 0 Å². The molecule has 0 rings (SSSR count). The molecule has 3 nitrogen and oxygen atoms in total. The van der Waals surface area contributed by atoms with Gasteiger partial charge in [-0.2, -0.15) is 0 Å². The molecule has 0 aliphatic carbocycles. The van der Waals surface area contributed by atoms with Crippen LogP contribution in [-0.4, -0.2) is 35.1 Å². The van der Waals surface area contributed by atoms with Crippen molar-refractivity contribution in [3.63, 3.8) is 0 Å². The van der Waals surface area contributed by atoms with Crippen LogP contribution in [0.25, 0.3) is 0 Å². The predicted molar refractivity (Wildman–Crippen MR) is 62.4 cm³/mol. The summed E-state index contributed by atoms with van der Waals surface area (Å²) < 4.78 is 5.66. The Morgan fingerprint density at radius 3 is 2.62 bits per heavy atom. The Kier molecular flexibility index (Phi) is 7.41. The number of amides is 1. The van der Waals surface area contributed by atoms with Crippen molar-refractivity contribution in [3.05, 3.63) is 0 Å². The first kappa shape index (κ1) is 13.0. The molecular formula is C9H18INO2. The van der Waals surface area contributed by atoms with Crippen LogP contribution in [0.2, 0.25) is 0 Å². The van der Waals surface area contributed by atoms with Crippen molar-refractivity contribution in [2.24, 2.45) is 0 Å². The Balaban J connectivity index is 4.09. The minimum absolute atomic E-state index is 0.211. The minimum Gasteiger partial charge on any atom is -0.453 e. The van der Waals surface area contributed by atoms with Gasteiger partial charge in [0.2, 0.25) is 0 Å². The Labute approximate surface area is 94.0 Å². The molecule has 0 radical (unpaired) electrons. The van der Waals surface area contributed by atoms with Crippen LogP contribution in [0, 0.1) is 0 Å². The van der Waals surface area contributed by atoms with Crippen LogP contribution in [0.15, 0.2) is 0 Å².